The molecular weight excluding hydrogens is 366 g/mol. The van der Waals surface area contributed by atoms with Crippen molar-refractivity contribution in [3.63, 3.8) is 0 Å². The van der Waals surface area contributed by atoms with Gasteiger partial charge in [-0.05, 0) is 30.5 Å². The molecule has 2 aromatic carbocycles. The fourth-order valence-corrected chi connectivity index (χ4v) is 3.74. The van der Waals surface area contributed by atoms with Gasteiger partial charge in [0.15, 0.2) is 0 Å². The second-order valence-electron chi connectivity index (χ2n) is 7.43. The second-order valence-corrected chi connectivity index (χ2v) is 7.43. The summed E-state index contributed by atoms with van der Waals surface area (Å²) in [5, 5.41) is 4.12. The molecule has 0 saturated carbocycles. The summed E-state index contributed by atoms with van der Waals surface area (Å²) in [6, 6.07) is 17.9. The van der Waals surface area contributed by atoms with Gasteiger partial charge in [0.25, 0.3) is 0 Å². The molecule has 0 spiro atoms. The van der Waals surface area contributed by atoms with E-state index in [1.54, 1.807) is 0 Å². The van der Waals surface area contributed by atoms with E-state index in [1.165, 1.54) is 5.56 Å². The molecule has 6 heteroatoms. The van der Waals surface area contributed by atoms with Gasteiger partial charge in [0.05, 0.1) is 12.5 Å². The zero-order valence-electron chi connectivity index (χ0n) is 16.7. The van der Waals surface area contributed by atoms with Gasteiger partial charge in [0, 0.05) is 25.1 Å². The number of benzene rings is 2. The number of hydrogen-bond acceptors (Lipinski definition) is 5. The molecule has 1 aliphatic heterocycles. The molecule has 2 atom stereocenters. The van der Waals surface area contributed by atoms with Crippen LogP contribution in [0.3, 0.4) is 0 Å². The van der Waals surface area contributed by atoms with Gasteiger partial charge >= 0.3 is 0 Å². The summed E-state index contributed by atoms with van der Waals surface area (Å²) >= 11 is 0. The molecule has 29 heavy (non-hydrogen) atoms. The van der Waals surface area contributed by atoms with Gasteiger partial charge in [-0.25, -0.2) is 0 Å². The molecule has 2 unspecified atom stereocenters. The zero-order chi connectivity index (χ0) is 20.2. The van der Waals surface area contributed by atoms with E-state index < -0.39 is 0 Å². The molecule has 1 amide bonds. The van der Waals surface area contributed by atoms with Crippen LogP contribution in [0.25, 0.3) is 11.4 Å². The molecule has 6 nitrogen and oxygen atoms in total. The van der Waals surface area contributed by atoms with Crippen LogP contribution in [-0.4, -0.2) is 40.6 Å². The smallest absolute Gasteiger partial charge is 0.232 e. The van der Waals surface area contributed by atoms with E-state index >= 15 is 0 Å². The molecule has 0 bridgehead atoms. The van der Waals surface area contributed by atoms with Gasteiger partial charge in [-0.1, -0.05) is 54.5 Å². The molecule has 1 aromatic heterocycles. The first-order valence-electron chi connectivity index (χ1n) is 10.0. The van der Waals surface area contributed by atoms with Crippen LogP contribution in [0, 0.1) is 0 Å². The normalized spacial score (nSPS) is 17.5. The summed E-state index contributed by atoms with van der Waals surface area (Å²) in [5.41, 5.74) is 2.07. The van der Waals surface area contributed by atoms with Gasteiger partial charge < -0.3 is 14.2 Å². The van der Waals surface area contributed by atoms with E-state index in [0.717, 1.165) is 11.3 Å². The van der Waals surface area contributed by atoms with E-state index in [1.807, 2.05) is 54.3 Å². The molecule has 0 aliphatic carbocycles. The Morgan fingerprint density at radius 3 is 2.83 bits per heavy atom. The first-order chi connectivity index (χ1) is 14.1. The van der Waals surface area contributed by atoms with Crippen molar-refractivity contribution < 1.29 is 14.1 Å². The minimum atomic E-state index is -0.0678. The molecule has 1 fully saturated rings. The number of likely N-dealkylation sites (tertiary alicyclic amines) is 1. The summed E-state index contributed by atoms with van der Waals surface area (Å²) in [5.74, 6) is 2.15. The summed E-state index contributed by atoms with van der Waals surface area (Å²) in [4.78, 5) is 19.0. The highest BCUT2D eigenvalue weighted by molar-refractivity contribution is 5.79. The molecule has 4 rings (SSSR count). The predicted molar refractivity (Wildman–Crippen MR) is 110 cm³/mol. The SMILES string of the molecule is CCOc1cccc(-c2noc(C3CC(=O)N(CC(C)c4ccccc4)C3)n2)c1. The Kier molecular flexibility index (Phi) is 5.60. The second kappa shape index (κ2) is 8.47. The van der Waals surface area contributed by atoms with Crippen LogP contribution in [0.5, 0.6) is 5.75 Å². The number of amides is 1. The molecule has 2 heterocycles. The third kappa shape index (κ3) is 4.31. The number of ether oxygens (including phenoxy) is 1. The van der Waals surface area contributed by atoms with Crippen LogP contribution in [-0.2, 0) is 4.79 Å². The third-order valence-corrected chi connectivity index (χ3v) is 5.27. The topological polar surface area (TPSA) is 68.5 Å². The van der Waals surface area contributed by atoms with E-state index in [0.29, 0.717) is 37.8 Å². The van der Waals surface area contributed by atoms with E-state index in [2.05, 4.69) is 29.2 Å². The lowest BCUT2D eigenvalue weighted by Gasteiger charge is -2.21. The minimum Gasteiger partial charge on any atom is -0.494 e. The molecule has 3 aromatic rings. The van der Waals surface area contributed by atoms with Crippen molar-refractivity contribution in [2.24, 2.45) is 0 Å². The highest BCUT2D eigenvalue weighted by Crippen LogP contribution is 2.31. The summed E-state index contributed by atoms with van der Waals surface area (Å²) in [6.07, 6.45) is 0.405. The number of nitrogens with zero attached hydrogens (tertiary/aromatic N) is 3. The van der Waals surface area contributed by atoms with Crippen LogP contribution in [0.2, 0.25) is 0 Å². The fourth-order valence-electron chi connectivity index (χ4n) is 3.74. The van der Waals surface area contributed by atoms with Gasteiger partial charge in [-0.3, -0.25) is 4.79 Å². The van der Waals surface area contributed by atoms with Crippen LogP contribution < -0.4 is 4.74 Å². The minimum absolute atomic E-state index is 0.0678. The van der Waals surface area contributed by atoms with Crippen molar-refractivity contribution >= 4 is 5.91 Å². The Morgan fingerprint density at radius 1 is 1.21 bits per heavy atom. The standard InChI is InChI=1S/C23H25N3O3/c1-3-28-20-11-7-10-18(12-20)22-24-23(29-25-22)19-13-21(27)26(15-19)14-16(2)17-8-5-4-6-9-17/h4-12,16,19H,3,13-15H2,1-2H3. The van der Waals surface area contributed by atoms with Gasteiger partial charge in [0.2, 0.25) is 17.6 Å². The molecule has 150 valence electrons. The average molecular weight is 391 g/mol. The van der Waals surface area contributed by atoms with Gasteiger partial charge in [-0.15, -0.1) is 0 Å². The Balaban J connectivity index is 1.44. The zero-order valence-corrected chi connectivity index (χ0v) is 16.7. The van der Waals surface area contributed by atoms with Crippen molar-refractivity contribution in [3.8, 4) is 17.1 Å². The van der Waals surface area contributed by atoms with E-state index in [-0.39, 0.29) is 17.7 Å². The third-order valence-electron chi connectivity index (χ3n) is 5.27. The molecule has 0 N–H and O–H groups in total. The van der Waals surface area contributed by atoms with Crippen LogP contribution in [0.4, 0.5) is 0 Å². The number of aromatic nitrogens is 2. The lowest BCUT2D eigenvalue weighted by molar-refractivity contribution is -0.127. The van der Waals surface area contributed by atoms with Crippen LogP contribution in [0.15, 0.2) is 59.1 Å². The van der Waals surface area contributed by atoms with Crippen molar-refractivity contribution in [1.29, 1.82) is 0 Å². The average Bonchev–Trinajstić information content (AvgIpc) is 3.37. The van der Waals surface area contributed by atoms with Crippen molar-refractivity contribution in [2.75, 3.05) is 19.7 Å². The Hall–Kier alpha value is -3.15. The monoisotopic (exact) mass is 391 g/mol. The van der Waals surface area contributed by atoms with Crippen molar-refractivity contribution in [3.05, 3.63) is 66.1 Å². The lowest BCUT2D eigenvalue weighted by atomic mass is 10.0. The van der Waals surface area contributed by atoms with Crippen LogP contribution in [0.1, 0.15) is 43.6 Å². The largest absolute Gasteiger partial charge is 0.494 e. The maximum Gasteiger partial charge on any atom is 0.232 e. The summed E-state index contributed by atoms with van der Waals surface area (Å²) in [7, 11) is 0. The van der Waals surface area contributed by atoms with Crippen molar-refractivity contribution in [1.82, 2.24) is 15.0 Å². The fraction of sp³-hybridized carbons (Fsp3) is 0.348. The quantitative estimate of drug-likeness (QED) is 0.602. The molecule has 1 saturated heterocycles. The first-order valence-corrected chi connectivity index (χ1v) is 10.0. The Labute approximate surface area is 170 Å². The lowest BCUT2D eigenvalue weighted by Crippen LogP contribution is -2.29. The maximum atomic E-state index is 12.5. The number of rotatable bonds is 7. The van der Waals surface area contributed by atoms with Gasteiger partial charge in [0.1, 0.15) is 5.75 Å². The van der Waals surface area contributed by atoms with E-state index in [4.69, 9.17) is 9.26 Å². The van der Waals surface area contributed by atoms with E-state index in [9.17, 15) is 4.79 Å². The van der Waals surface area contributed by atoms with Crippen molar-refractivity contribution in [2.45, 2.75) is 32.1 Å². The molecule has 1 aliphatic rings. The highest BCUT2D eigenvalue weighted by atomic mass is 16.5. The molecular formula is C23H25N3O3. The summed E-state index contributed by atoms with van der Waals surface area (Å²) < 4.78 is 11.0. The number of hydrogen-bond donors (Lipinski definition) is 0. The maximum absolute atomic E-state index is 12.5. The molecule has 0 radical (unpaired) electrons. The predicted octanol–water partition coefficient (Wildman–Crippen LogP) is 4.25. The Morgan fingerprint density at radius 2 is 2.03 bits per heavy atom. The number of carbonyl (C=O) groups is 1. The first kappa shape index (κ1) is 19.2. The summed E-state index contributed by atoms with van der Waals surface area (Å²) in [6.45, 7) is 5.99. The number of carbonyl (C=O) groups excluding carboxylic acids is 1. The van der Waals surface area contributed by atoms with Gasteiger partial charge in [-0.2, -0.15) is 4.98 Å². The Bertz CT molecular complexity index is 970. The van der Waals surface area contributed by atoms with Crippen LogP contribution >= 0.6 is 0 Å². The highest BCUT2D eigenvalue weighted by Gasteiger charge is 2.35.